The van der Waals surface area contributed by atoms with Crippen molar-refractivity contribution in [2.45, 2.75) is 5.75 Å². The third-order valence-corrected chi connectivity index (χ3v) is 2.84. The number of hydrogen-bond donors (Lipinski definition) is 2. The lowest BCUT2D eigenvalue weighted by molar-refractivity contribution is 1.41. The highest BCUT2D eigenvalue weighted by atomic mass is 32.2. The molecular formula is C9H10N2S3. The van der Waals surface area contributed by atoms with Crippen molar-refractivity contribution in [1.29, 1.82) is 0 Å². The Hall–Kier alpha value is -0.650. The average molecular weight is 242 g/mol. The van der Waals surface area contributed by atoms with Crippen molar-refractivity contribution in [1.82, 2.24) is 5.32 Å². The van der Waals surface area contributed by atoms with Gasteiger partial charge in [-0.05, 0) is 17.8 Å². The van der Waals surface area contributed by atoms with Crippen molar-refractivity contribution in [3.05, 3.63) is 35.9 Å². The van der Waals surface area contributed by atoms with Crippen LogP contribution in [0.1, 0.15) is 5.56 Å². The molecule has 5 heteroatoms. The number of benzene rings is 1. The molecule has 0 radical (unpaired) electrons. The van der Waals surface area contributed by atoms with Crippen LogP contribution in [0.5, 0.6) is 0 Å². The molecule has 0 heterocycles. The molecule has 1 aromatic carbocycles. The van der Waals surface area contributed by atoms with Crippen molar-refractivity contribution in [2.24, 2.45) is 5.73 Å². The topological polar surface area (TPSA) is 38.0 Å². The van der Waals surface area contributed by atoms with E-state index < -0.39 is 0 Å². The zero-order valence-electron chi connectivity index (χ0n) is 7.40. The molecule has 0 bridgehead atoms. The highest BCUT2D eigenvalue weighted by molar-refractivity contribution is 8.22. The summed E-state index contributed by atoms with van der Waals surface area (Å²) in [6.07, 6.45) is 0. The Labute approximate surface area is 98.3 Å². The second kappa shape index (κ2) is 5.95. The van der Waals surface area contributed by atoms with Gasteiger partial charge in [0.25, 0.3) is 0 Å². The van der Waals surface area contributed by atoms with Gasteiger partial charge in [-0.1, -0.05) is 54.3 Å². The molecule has 0 atom stereocenters. The number of nitrogens with two attached hydrogens (primary N) is 1. The van der Waals surface area contributed by atoms with Gasteiger partial charge < -0.3 is 11.1 Å². The summed E-state index contributed by atoms with van der Waals surface area (Å²) in [6.45, 7) is 0. The summed E-state index contributed by atoms with van der Waals surface area (Å²) in [5.41, 5.74) is 6.51. The summed E-state index contributed by atoms with van der Waals surface area (Å²) in [7, 11) is 0. The third kappa shape index (κ3) is 4.55. The summed E-state index contributed by atoms with van der Waals surface area (Å²) in [6, 6.07) is 10.1. The first-order chi connectivity index (χ1) is 6.68. The molecule has 0 saturated carbocycles. The smallest absolute Gasteiger partial charge is 0.169 e. The zero-order valence-corrected chi connectivity index (χ0v) is 9.85. The number of hydrogen-bond acceptors (Lipinski definition) is 3. The molecular weight excluding hydrogens is 232 g/mol. The Morgan fingerprint density at radius 2 is 1.93 bits per heavy atom. The zero-order chi connectivity index (χ0) is 10.4. The summed E-state index contributed by atoms with van der Waals surface area (Å²) in [5, 5.41) is 2.93. The number of nitrogens with one attached hydrogen (secondary N) is 1. The standard InChI is InChI=1S/C9H10N2S3/c10-8(12)11-9(13)14-6-7-4-2-1-3-5-7/h1-5H,6H2,(H3,10,11,12,13). The number of rotatable bonds is 2. The van der Waals surface area contributed by atoms with Gasteiger partial charge in [0, 0.05) is 5.75 Å². The molecule has 0 aliphatic heterocycles. The molecule has 0 fully saturated rings. The lowest BCUT2D eigenvalue weighted by Crippen LogP contribution is -2.31. The molecule has 1 rings (SSSR count). The largest absolute Gasteiger partial charge is 0.376 e. The van der Waals surface area contributed by atoms with E-state index in [1.807, 2.05) is 18.2 Å². The number of thioether (sulfide) groups is 1. The quantitative estimate of drug-likeness (QED) is 0.776. The van der Waals surface area contributed by atoms with Gasteiger partial charge in [-0.15, -0.1) is 0 Å². The van der Waals surface area contributed by atoms with E-state index >= 15 is 0 Å². The molecule has 74 valence electrons. The minimum absolute atomic E-state index is 0.218. The van der Waals surface area contributed by atoms with Gasteiger partial charge in [0.1, 0.15) is 4.32 Å². The van der Waals surface area contributed by atoms with Crippen molar-refractivity contribution in [3.63, 3.8) is 0 Å². The van der Waals surface area contributed by atoms with Gasteiger partial charge in [-0.25, -0.2) is 0 Å². The van der Waals surface area contributed by atoms with Crippen LogP contribution in [-0.2, 0) is 5.75 Å². The first-order valence-electron chi connectivity index (χ1n) is 3.95. The fraction of sp³-hybridized carbons (Fsp3) is 0.111. The highest BCUT2D eigenvalue weighted by Gasteiger charge is 1.98. The van der Waals surface area contributed by atoms with Gasteiger partial charge in [0.2, 0.25) is 0 Å². The highest BCUT2D eigenvalue weighted by Crippen LogP contribution is 2.12. The van der Waals surface area contributed by atoms with E-state index in [2.05, 4.69) is 29.7 Å². The van der Waals surface area contributed by atoms with Crippen LogP contribution in [0.15, 0.2) is 30.3 Å². The second-order valence-corrected chi connectivity index (χ2v) is 4.64. The van der Waals surface area contributed by atoms with Crippen molar-refractivity contribution in [3.8, 4) is 0 Å². The Balaban J connectivity index is 2.34. The average Bonchev–Trinajstić information content (AvgIpc) is 2.15. The van der Waals surface area contributed by atoms with E-state index in [0.29, 0.717) is 4.32 Å². The molecule has 0 aromatic heterocycles. The van der Waals surface area contributed by atoms with Gasteiger partial charge in [0.15, 0.2) is 5.11 Å². The van der Waals surface area contributed by atoms with Crippen LogP contribution in [0.2, 0.25) is 0 Å². The Kier molecular flexibility index (Phi) is 4.86. The maximum absolute atomic E-state index is 5.28. The van der Waals surface area contributed by atoms with E-state index in [9.17, 15) is 0 Å². The minimum Gasteiger partial charge on any atom is -0.376 e. The maximum Gasteiger partial charge on any atom is 0.169 e. The molecule has 2 nitrogen and oxygen atoms in total. The Bertz CT molecular complexity index is 324. The van der Waals surface area contributed by atoms with Crippen LogP contribution in [0.25, 0.3) is 0 Å². The van der Waals surface area contributed by atoms with Crippen LogP contribution < -0.4 is 11.1 Å². The molecule has 0 amide bonds. The van der Waals surface area contributed by atoms with Crippen LogP contribution in [0.3, 0.4) is 0 Å². The molecule has 0 aliphatic carbocycles. The van der Waals surface area contributed by atoms with Crippen molar-refractivity contribution < 1.29 is 0 Å². The third-order valence-electron chi connectivity index (χ3n) is 1.44. The SMILES string of the molecule is NC(=S)NC(=S)SCc1ccccc1. The molecule has 1 aromatic rings. The summed E-state index contributed by atoms with van der Waals surface area (Å²) in [4.78, 5) is 0. The molecule has 14 heavy (non-hydrogen) atoms. The van der Waals surface area contributed by atoms with E-state index in [4.69, 9.17) is 18.0 Å². The van der Waals surface area contributed by atoms with Gasteiger partial charge in [-0.3, -0.25) is 0 Å². The lowest BCUT2D eigenvalue weighted by Gasteiger charge is -2.04. The normalized spacial score (nSPS) is 9.43. The molecule has 0 unspecified atom stereocenters. The molecule has 0 spiro atoms. The predicted molar refractivity (Wildman–Crippen MR) is 70.3 cm³/mol. The van der Waals surface area contributed by atoms with E-state index in [0.717, 1.165) is 5.75 Å². The monoisotopic (exact) mass is 242 g/mol. The van der Waals surface area contributed by atoms with E-state index in [1.54, 1.807) is 0 Å². The number of thiocarbonyl (C=S) groups is 2. The minimum atomic E-state index is 0.218. The predicted octanol–water partition coefficient (Wildman–Crippen LogP) is 2.04. The molecule has 3 N–H and O–H groups in total. The van der Waals surface area contributed by atoms with Crippen molar-refractivity contribution in [2.75, 3.05) is 0 Å². The van der Waals surface area contributed by atoms with Crippen LogP contribution in [0.4, 0.5) is 0 Å². The molecule has 0 aliphatic rings. The van der Waals surface area contributed by atoms with Crippen LogP contribution in [0, 0.1) is 0 Å². The fourth-order valence-corrected chi connectivity index (χ4v) is 2.05. The van der Waals surface area contributed by atoms with Gasteiger partial charge in [0.05, 0.1) is 0 Å². The van der Waals surface area contributed by atoms with Gasteiger partial charge >= 0.3 is 0 Å². The fourth-order valence-electron chi connectivity index (χ4n) is 0.860. The second-order valence-electron chi connectivity index (χ2n) is 2.55. The van der Waals surface area contributed by atoms with E-state index in [1.165, 1.54) is 17.3 Å². The Morgan fingerprint density at radius 1 is 1.29 bits per heavy atom. The summed E-state index contributed by atoms with van der Waals surface area (Å²) < 4.78 is 0.612. The van der Waals surface area contributed by atoms with Crippen LogP contribution in [-0.4, -0.2) is 9.43 Å². The first kappa shape index (κ1) is 11.4. The maximum atomic E-state index is 5.28. The molecule has 0 saturated heterocycles. The first-order valence-corrected chi connectivity index (χ1v) is 5.76. The summed E-state index contributed by atoms with van der Waals surface area (Å²) in [5.74, 6) is 0.829. The Morgan fingerprint density at radius 3 is 2.50 bits per heavy atom. The van der Waals surface area contributed by atoms with Gasteiger partial charge in [-0.2, -0.15) is 0 Å². The summed E-state index contributed by atoms with van der Waals surface area (Å²) >= 11 is 11.2. The van der Waals surface area contributed by atoms with Crippen LogP contribution >= 0.6 is 36.2 Å². The lowest BCUT2D eigenvalue weighted by atomic mass is 10.2. The van der Waals surface area contributed by atoms with Crippen molar-refractivity contribution >= 4 is 45.6 Å². The van der Waals surface area contributed by atoms with E-state index in [-0.39, 0.29) is 5.11 Å².